The number of fused-ring (bicyclic) bond motifs is 1. The minimum atomic E-state index is -0.835. The summed E-state index contributed by atoms with van der Waals surface area (Å²) >= 11 is 2.12. The van der Waals surface area contributed by atoms with Crippen molar-refractivity contribution in [3.63, 3.8) is 0 Å². The van der Waals surface area contributed by atoms with Crippen LogP contribution in [0.25, 0.3) is 0 Å². The highest BCUT2D eigenvalue weighted by molar-refractivity contribution is 14.1. The highest BCUT2D eigenvalue weighted by atomic mass is 127. The zero-order chi connectivity index (χ0) is 23.9. The molecule has 8 heteroatoms. The molecule has 0 bridgehead atoms. The van der Waals surface area contributed by atoms with Gasteiger partial charge in [0.1, 0.15) is 11.6 Å². The predicted molar refractivity (Wildman–Crippen MR) is 130 cm³/mol. The topological polar surface area (TPSA) is 62.3 Å². The molecular formula is C25H22F2IN3O2. The summed E-state index contributed by atoms with van der Waals surface area (Å²) in [7, 11) is 0. The van der Waals surface area contributed by atoms with Gasteiger partial charge in [-0.3, -0.25) is 14.6 Å². The first-order valence-electron chi connectivity index (χ1n) is 10.4. The summed E-state index contributed by atoms with van der Waals surface area (Å²) in [5, 5.41) is 2.86. The lowest BCUT2D eigenvalue weighted by Gasteiger charge is -2.20. The van der Waals surface area contributed by atoms with Crippen LogP contribution in [-0.2, 0) is 23.3 Å². The minimum absolute atomic E-state index is 0.00168. The van der Waals surface area contributed by atoms with Crippen molar-refractivity contribution in [3.05, 3.63) is 91.8 Å². The molecule has 170 valence electrons. The number of rotatable bonds is 5. The van der Waals surface area contributed by atoms with Crippen molar-refractivity contribution < 1.29 is 18.4 Å². The summed E-state index contributed by atoms with van der Waals surface area (Å²) < 4.78 is 28.2. The molecule has 2 amide bonds. The highest BCUT2D eigenvalue weighted by Gasteiger charge is 2.45. The van der Waals surface area contributed by atoms with Crippen molar-refractivity contribution in [2.24, 2.45) is 0 Å². The van der Waals surface area contributed by atoms with Crippen LogP contribution in [0, 0.1) is 22.1 Å². The number of amides is 2. The second-order valence-corrected chi connectivity index (χ2v) is 9.76. The van der Waals surface area contributed by atoms with Gasteiger partial charge < -0.3 is 10.2 Å². The smallest absolute Gasteiger partial charge is 0.251 e. The molecule has 0 fully saturated rings. The minimum Gasteiger partial charge on any atom is -0.346 e. The van der Waals surface area contributed by atoms with E-state index < -0.39 is 17.0 Å². The molecule has 0 saturated carbocycles. The highest BCUT2D eigenvalue weighted by Crippen LogP contribution is 2.45. The van der Waals surface area contributed by atoms with Gasteiger partial charge in [0.25, 0.3) is 5.91 Å². The standard InChI is InChI=1S/C25H22F2IN3O2/c1-14-5-4-6-19(30-14)12-29-23(32)16-9-20(28)22-21(10-16)31(24(33)25(22,2)3)13-15-7-17(26)11-18(27)8-15/h4-11H,12-13H2,1-3H3,(H,29,32). The first-order valence-corrected chi connectivity index (χ1v) is 11.5. The van der Waals surface area contributed by atoms with Crippen molar-refractivity contribution in [3.8, 4) is 0 Å². The van der Waals surface area contributed by atoms with Crippen LogP contribution in [0.4, 0.5) is 14.5 Å². The number of pyridine rings is 1. The maximum absolute atomic E-state index is 13.7. The first-order chi connectivity index (χ1) is 15.6. The molecule has 1 N–H and O–H groups in total. The Balaban J connectivity index is 1.66. The Morgan fingerprint density at radius 2 is 1.82 bits per heavy atom. The molecule has 1 aromatic heterocycles. The number of anilines is 1. The summed E-state index contributed by atoms with van der Waals surface area (Å²) in [6.07, 6.45) is 0. The Morgan fingerprint density at radius 3 is 2.48 bits per heavy atom. The van der Waals surface area contributed by atoms with Crippen molar-refractivity contribution in [2.75, 3.05) is 4.90 Å². The van der Waals surface area contributed by atoms with E-state index >= 15 is 0 Å². The molecule has 3 aromatic rings. The molecule has 2 heterocycles. The van der Waals surface area contributed by atoms with Crippen LogP contribution in [0.3, 0.4) is 0 Å². The molecule has 1 aliphatic heterocycles. The molecule has 0 radical (unpaired) electrons. The van der Waals surface area contributed by atoms with Gasteiger partial charge in [-0.1, -0.05) is 6.07 Å². The number of carbonyl (C=O) groups is 2. The Bertz CT molecular complexity index is 1260. The number of benzene rings is 2. The third kappa shape index (κ3) is 4.62. The summed E-state index contributed by atoms with van der Waals surface area (Å²) in [4.78, 5) is 32.0. The fourth-order valence-electron chi connectivity index (χ4n) is 4.12. The van der Waals surface area contributed by atoms with Crippen LogP contribution in [0.1, 0.15) is 46.7 Å². The van der Waals surface area contributed by atoms with Gasteiger partial charge in [0, 0.05) is 26.5 Å². The molecule has 0 atom stereocenters. The maximum Gasteiger partial charge on any atom is 0.251 e. The molecule has 0 spiro atoms. The average Bonchev–Trinajstić information content (AvgIpc) is 2.92. The van der Waals surface area contributed by atoms with Gasteiger partial charge in [0.05, 0.1) is 29.9 Å². The van der Waals surface area contributed by atoms with Gasteiger partial charge in [0.2, 0.25) is 5.91 Å². The third-order valence-corrected chi connectivity index (χ3v) is 6.52. The summed E-state index contributed by atoms with van der Waals surface area (Å²) in [6, 6.07) is 12.2. The fourth-order valence-corrected chi connectivity index (χ4v) is 5.41. The molecule has 33 heavy (non-hydrogen) atoms. The number of hydrogen-bond donors (Lipinski definition) is 1. The van der Waals surface area contributed by atoms with Crippen LogP contribution in [-0.4, -0.2) is 16.8 Å². The van der Waals surface area contributed by atoms with E-state index in [1.807, 2.05) is 39.0 Å². The summed E-state index contributed by atoms with van der Waals surface area (Å²) in [5.41, 5.74) is 2.86. The monoisotopic (exact) mass is 561 g/mol. The lowest BCUT2D eigenvalue weighted by Crippen LogP contribution is -2.36. The largest absolute Gasteiger partial charge is 0.346 e. The molecular weight excluding hydrogens is 539 g/mol. The Kier molecular flexibility index (Phi) is 6.22. The number of nitrogens with zero attached hydrogens (tertiary/aromatic N) is 2. The zero-order valence-corrected chi connectivity index (χ0v) is 20.5. The van der Waals surface area contributed by atoms with E-state index in [9.17, 15) is 18.4 Å². The van der Waals surface area contributed by atoms with Crippen LogP contribution in [0.5, 0.6) is 0 Å². The van der Waals surface area contributed by atoms with Gasteiger partial charge in [-0.05, 0) is 85.3 Å². The van der Waals surface area contributed by atoms with Crippen molar-refractivity contribution in [2.45, 2.75) is 39.3 Å². The van der Waals surface area contributed by atoms with Crippen molar-refractivity contribution in [1.29, 1.82) is 0 Å². The lowest BCUT2D eigenvalue weighted by molar-refractivity contribution is -0.122. The van der Waals surface area contributed by atoms with Crippen LogP contribution in [0.2, 0.25) is 0 Å². The zero-order valence-electron chi connectivity index (χ0n) is 18.4. The maximum atomic E-state index is 13.7. The van der Waals surface area contributed by atoms with E-state index in [4.69, 9.17) is 0 Å². The number of halogens is 3. The molecule has 0 saturated heterocycles. The average molecular weight is 561 g/mol. The van der Waals surface area contributed by atoms with Crippen molar-refractivity contribution in [1.82, 2.24) is 10.3 Å². The normalized spacial score (nSPS) is 14.4. The number of aromatic nitrogens is 1. The number of nitrogens with one attached hydrogen (secondary N) is 1. The van der Waals surface area contributed by atoms with Crippen LogP contribution < -0.4 is 10.2 Å². The molecule has 1 aliphatic rings. The number of hydrogen-bond acceptors (Lipinski definition) is 3. The van der Waals surface area contributed by atoms with E-state index in [1.165, 1.54) is 17.0 Å². The van der Waals surface area contributed by atoms with E-state index in [2.05, 4.69) is 32.9 Å². The Hall–Kier alpha value is -2.88. The second-order valence-electron chi connectivity index (χ2n) is 8.60. The SMILES string of the molecule is Cc1cccc(CNC(=O)c2cc(I)c3c(c2)N(Cc2cc(F)cc(F)c2)C(=O)C3(C)C)n1. The van der Waals surface area contributed by atoms with E-state index in [0.29, 0.717) is 16.8 Å². The lowest BCUT2D eigenvalue weighted by atomic mass is 9.86. The molecule has 2 aromatic carbocycles. The van der Waals surface area contributed by atoms with Gasteiger partial charge in [0.15, 0.2) is 0 Å². The van der Waals surface area contributed by atoms with Gasteiger partial charge >= 0.3 is 0 Å². The van der Waals surface area contributed by atoms with E-state index in [1.54, 1.807) is 12.1 Å². The van der Waals surface area contributed by atoms with E-state index in [-0.39, 0.29) is 24.9 Å². The number of carbonyl (C=O) groups excluding carboxylic acids is 2. The number of aryl methyl sites for hydroxylation is 1. The molecule has 0 unspecified atom stereocenters. The van der Waals surface area contributed by atoms with Crippen LogP contribution >= 0.6 is 22.6 Å². The first kappa shape index (κ1) is 23.3. The third-order valence-electron chi connectivity index (χ3n) is 5.67. The summed E-state index contributed by atoms with van der Waals surface area (Å²) in [6.45, 7) is 5.77. The quantitative estimate of drug-likeness (QED) is 0.445. The van der Waals surface area contributed by atoms with Gasteiger partial charge in [-0.2, -0.15) is 0 Å². The fraction of sp³-hybridized carbons (Fsp3) is 0.240. The van der Waals surface area contributed by atoms with E-state index in [0.717, 1.165) is 26.6 Å². The Labute approximate surface area is 204 Å². The molecule has 0 aliphatic carbocycles. The van der Waals surface area contributed by atoms with Crippen LogP contribution in [0.15, 0.2) is 48.5 Å². The molecule has 5 nitrogen and oxygen atoms in total. The molecule has 4 rings (SSSR count). The van der Waals surface area contributed by atoms with Crippen molar-refractivity contribution >= 4 is 40.1 Å². The Morgan fingerprint density at radius 1 is 1.12 bits per heavy atom. The van der Waals surface area contributed by atoms with Gasteiger partial charge in [-0.25, -0.2) is 8.78 Å². The predicted octanol–water partition coefficient (Wildman–Crippen LogP) is 5.03. The van der Waals surface area contributed by atoms with Gasteiger partial charge in [-0.15, -0.1) is 0 Å². The summed E-state index contributed by atoms with van der Waals surface area (Å²) in [5.74, 6) is -1.90. The second kappa shape index (κ2) is 8.81.